The maximum absolute atomic E-state index is 5.76. The third kappa shape index (κ3) is 2.41. The molecule has 0 aliphatic rings. The molecule has 0 unspecified atom stereocenters. The summed E-state index contributed by atoms with van der Waals surface area (Å²) in [5.74, 6) is 0.594. The van der Waals surface area contributed by atoms with Gasteiger partial charge in [-0.2, -0.15) is 0 Å². The Morgan fingerprint density at radius 3 is 2.38 bits per heavy atom. The lowest BCUT2D eigenvalue weighted by atomic mass is 10.2. The minimum Gasteiger partial charge on any atom is -0.382 e. The number of nitrogens with zero attached hydrogens (tertiary/aromatic N) is 2. The van der Waals surface area contributed by atoms with Crippen molar-refractivity contribution >= 4 is 5.82 Å². The van der Waals surface area contributed by atoms with Gasteiger partial charge >= 0.3 is 0 Å². The van der Waals surface area contributed by atoms with Crippen LogP contribution >= 0.6 is 0 Å². The molecule has 0 atom stereocenters. The van der Waals surface area contributed by atoms with Crippen molar-refractivity contribution in [1.82, 2.24) is 9.97 Å². The Morgan fingerprint density at radius 2 is 1.77 bits per heavy atom. The van der Waals surface area contributed by atoms with Crippen LogP contribution in [0.4, 0.5) is 5.82 Å². The first-order valence-electron chi connectivity index (χ1n) is 4.74. The van der Waals surface area contributed by atoms with E-state index < -0.39 is 0 Å². The number of hydrogen-bond acceptors (Lipinski definition) is 3. The Kier molecular flexibility index (Phi) is 3.23. The molecule has 3 heteroatoms. The SMILES string of the molecule is CCCCc1nc(C)c(C)nc1N. The molecule has 1 aromatic rings. The van der Waals surface area contributed by atoms with E-state index in [9.17, 15) is 0 Å². The van der Waals surface area contributed by atoms with Crippen molar-refractivity contribution in [2.75, 3.05) is 5.73 Å². The Bertz CT molecular complexity index is 294. The summed E-state index contributed by atoms with van der Waals surface area (Å²) in [4.78, 5) is 8.66. The first-order valence-corrected chi connectivity index (χ1v) is 4.74. The summed E-state index contributed by atoms with van der Waals surface area (Å²) in [6, 6.07) is 0. The number of hydrogen-bond donors (Lipinski definition) is 1. The minimum absolute atomic E-state index is 0.594. The standard InChI is InChI=1S/C10H17N3/c1-4-5-6-9-10(11)13-8(3)7(2)12-9/h4-6H2,1-3H3,(H2,11,13). The first-order chi connectivity index (χ1) is 6.15. The average Bonchev–Trinajstić information content (AvgIpc) is 2.09. The molecule has 1 aromatic heterocycles. The van der Waals surface area contributed by atoms with Crippen LogP contribution in [0.5, 0.6) is 0 Å². The number of rotatable bonds is 3. The monoisotopic (exact) mass is 179 g/mol. The predicted octanol–water partition coefficient (Wildman–Crippen LogP) is 2.02. The summed E-state index contributed by atoms with van der Waals surface area (Å²) >= 11 is 0. The second-order valence-corrected chi connectivity index (χ2v) is 3.33. The van der Waals surface area contributed by atoms with E-state index in [1.807, 2.05) is 13.8 Å². The molecule has 1 rings (SSSR count). The van der Waals surface area contributed by atoms with Crippen LogP contribution in [0.25, 0.3) is 0 Å². The van der Waals surface area contributed by atoms with Crippen molar-refractivity contribution in [1.29, 1.82) is 0 Å². The van der Waals surface area contributed by atoms with E-state index in [1.54, 1.807) is 0 Å². The van der Waals surface area contributed by atoms with Crippen LogP contribution in [0.3, 0.4) is 0 Å². The summed E-state index contributed by atoms with van der Waals surface area (Å²) in [6.07, 6.45) is 3.23. The van der Waals surface area contributed by atoms with Gasteiger partial charge in [0.2, 0.25) is 0 Å². The van der Waals surface area contributed by atoms with Crippen molar-refractivity contribution in [2.24, 2.45) is 0 Å². The van der Waals surface area contributed by atoms with Gasteiger partial charge in [0.05, 0.1) is 17.1 Å². The maximum atomic E-state index is 5.76. The topological polar surface area (TPSA) is 51.8 Å². The summed E-state index contributed by atoms with van der Waals surface area (Å²) in [7, 11) is 0. The molecule has 3 nitrogen and oxygen atoms in total. The fourth-order valence-corrected chi connectivity index (χ4v) is 1.19. The Balaban J connectivity index is 2.88. The molecular formula is C10H17N3. The summed E-state index contributed by atoms with van der Waals surface area (Å²) in [5, 5.41) is 0. The van der Waals surface area contributed by atoms with Gasteiger partial charge < -0.3 is 5.73 Å². The fourth-order valence-electron chi connectivity index (χ4n) is 1.19. The van der Waals surface area contributed by atoms with E-state index in [-0.39, 0.29) is 0 Å². The van der Waals surface area contributed by atoms with E-state index in [4.69, 9.17) is 5.73 Å². The third-order valence-corrected chi connectivity index (χ3v) is 2.18. The zero-order chi connectivity index (χ0) is 9.84. The molecule has 1 heterocycles. The molecule has 0 fully saturated rings. The van der Waals surface area contributed by atoms with Gasteiger partial charge in [0.25, 0.3) is 0 Å². The molecule has 0 aromatic carbocycles. The van der Waals surface area contributed by atoms with E-state index in [0.717, 1.165) is 36.3 Å². The predicted molar refractivity (Wildman–Crippen MR) is 54.5 cm³/mol. The van der Waals surface area contributed by atoms with E-state index in [1.165, 1.54) is 0 Å². The van der Waals surface area contributed by atoms with E-state index in [2.05, 4.69) is 16.9 Å². The second-order valence-electron chi connectivity index (χ2n) is 3.33. The van der Waals surface area contributed by atoms with Gasteiger partial charge in [0.1, 0.15) is 5.82 Å². The Labute approximate surface area is 79.4 Å². The van der Waals surface area contributed by atoms with Crippen molar-refractivity contribution in [3.8, 4) is 0 Å². The first kappa shape index (κ1) is 9.96. The van der Waals surface area contributed by atoms with Gasteiger partial charge in [-0.1, -0.05) is 13.3 Å². The second kappa shape index (κ2) is 4.21. The smallest absolute Gasteiger partial charge is 0.145 e. The van der Waals surface area contributed by atoms with E-state index in [0.29, 0.717) is 5.82 Å². The van der Waals surface area contributed by atoms with Crippen LogP contribution < -0.4 is 5.73 Å². The van der Waals surface area contributed by atoms with Crippen molar-refractivity contribution in [2.45, 2.75) is 40.0 Å². The van der Waals surface area contributed by atoms with E-state index >= 15 is 0 Å². The third-order valence-electron chi connectivity index (χ3n) is 2.18. The van der Waals surface area contributed by atoms with Crippen LogP contribution in [0, 0.1) is 13.8 Å². The number of unbranched alkanes of at least 4 members (excludes halogenated alkanes) is 1. The highest BCUT2D eigenvalue weighted by Crippen LogP contribution is 2.12. The molecule has 0 amide bonds. The molecule has 0 aliphatic heterocycles. The van der Waals surface area contributed by atoms with Crippen LogP contribution in [0.2, 0.25) is 0 Å². The number of anilines is 1. The normalized spacial score (nSPS) is 10.4. The Morgan fingerprint density at radius 1 is 1.15 bits per heavy atom. The zero-order valence-electron chi connectivity index (χ0n) is 8.59. The maximum Gasteiger partial charge on any atom is 0.145 e. The molecule has 0 radical (unpaired) electrons. The van der Waals surface area contributed by atoms with Gasteiger partial charge in [-0.15, -0.1) is 0 Å². The van der Waals surface area contributed by atoms with Crippen LogP contribution in [0.1, 0.15) is 36.8 Å². The highest BCUT2D eigenvalue weighted by molar-refractivity contribution is 5.36. The molecule has 0 aliphatic carbocycles. The quantitative estimate of drug-likeness (QED) is 0.772. The molecule has 2 N–H and O–H groups in total. The van der Waals surface area contributed by atoms with Crippen LogP contribution in [-0.4, -0.2) is 9.97 Å². The van der Waals surface area contributed by atoms with Gasteiger partial charge in [0.15, 0.2) is 0 Å². The van der Waals surface area contributed by atoms with Gasteiger partial charge in [-0.3, -0.25) is 4.98 Å². The summed E-state index contributed by atoms with van der Waals surface area (Å²) in [5.41, 5.74) is 8.62. The average molecular weight is 179 g/mol. The minimum atomic E-state index is 0.594. The van der Waals surface area contributed by atoms with Gasteiger partial charge in [0, 0.05) is 0 Å². The molecule has 0 spiro atoms. The molecule has 0 saturated carbocycles. The van der Waals surface area contributed by atoms with Gasteiger partial charge in [-0.25, -0.2) is 4.98 Å². The fraction of sp³-hybridized carbons (Fsp3) is 0.600. The van der Waals surface area contributed by atoms with Crippen LogP contribution in [0.15, 0.2) is 0 Å². The number of nitrogens with two attached hydrogens (primary N) is 1. The molecule has 0 bridgehead atoms. The number of aryl methyl sites for hydroxylation is 3. The molecule has 0 saturated heterocycles. The largest absolute Gasteiger partial charge is 0.382 e. The molecule has 13 heavy (non-hydrogen) atoms. The lowest BCUT2D eigenvalue weighted by Gasteiger charge is -2.06. The van der Waals surface area contributed by atoms with Crippen molar-refractivity contribution in [3.63, 3.8) is 0 Å². The number of nitrogen functional groups attached to an aromatic ring is 1. The lowest BCUT2D eigenvalue weighted by molar-refractivity contribution is 0.768. The highest BCUT2D eigenvalue weighted by atomic mass is 14.9. The molecule has 72 valence electrons. The highest BCUT2D eigenvalue weighted by Gasteiger charge is 2.04. The van der Waals surface area contributed by atoms with Gasteiger partial charge in [-0.05, 0) is 26.7 Å². The van der Waals surface area contributed by atoms with Crippen molar-refractivity contribution < 1.29 is 0 Å². The Hall–Kier alpha value is -1.12. The summed E-state index contributed by atoms with van der Waals surface area (Å²) < 4.78 is 0. The van der Waals surface area contributed by atoms with Crippen LogP contribution in [-0.2, 0) is 6.42 Å². The van der Waals surface area contributed by atoms with Crippen molar-refractivity contribution in [3.05, 3.63) is 17.1 Å². The summed E-state index contributed by atoms with van der Waals surface area (Å²) in [6.45, 7) is 6.06. The number of aromatic nitrogens is 2. The lowest BCUT2D eigenvalue weighted by Crippen LogP contribution is -2.05. The zero-order valence-corrected chi connectivity index (χ0v) is 8.59. The molecular weight excluding hydrogens is 162 g/mol.